The van der Waals surface area contributed by atoms with Crippen molar-refractivity contribution in [2.75, 3.05) is 13.6 Å². The maximum atomic E-state index is 11.2. The average molecular weight is 206 g/mol. The van der Waals surface area contributed by atoms with Crippen LogP contribution in [0.15, 0.2) is 30.3 Å². The van der Waals surface area contributed by atoms with Crippen LogP contribution in [-0.2, 0) is 0 Å². The van der Waals surface area contributed by atoms with Gasteiger partial charge < -0.3 is 10.2 Å². The SMILES string of the molecule is CC.CN1CC(c2ccccc2)NC1=O. The van der Waals surface area contributed by atoms with E-state index < -0.39 is 0 Å². The Kier molecular flexibility index (Phi) is 4.16. The van der Waals surface area contributed by atoms with Crippen LogP contribution in [0, 0.1) is 0 Å². The second kappa shape index (κ2) is 5.39. The van der Waals surface area contributed by atoms with Gasteiger partial charge in [0.25, 0.3) is 0 Å². The van der Waals surface area contributed by atoms with Crippen molar-refractivity contribution in [3.8, 4) is 0 Å². The van der Waals surface area contributed by atoms with Crippen LogP contribution in [-0.4, -0.2) is 24.5 Å². The maximum Gasteiger partial charge on any atom is 0.317 e. The molecule has 3 nitrogen and oxygen atoms in total. The minimum Gasteiger partial charge on any atom is -0.329 e. The molecule has 0 aromatic heterocycles. The van der Waals surface area contributed by atoms with Gasteiger partial charge in [0, 0.05) is 13.6 Å². The summed E-state index contributed by atoms with van der Waals surface area (Å²) in [5, 5.41) is 2.91. The number of hydrogen-bond donors (Lipinski definition) is 1. The fourth-order valence-electron chi connectivity index (χ4n) is 1.54. The number of hydrogen-bond acceptors (Lipinski definition) is 1. The molecule has 1 fully saturated rings. The predicted molar refractivity (Wildman–Crippen MR) is 61.7 cm³/mol. The molecule has 2 rings (SSSR count). The van der Waals surface area contributed by atoms with E-state index in [1.807, 2.05) is 44.2 Å². The molecule has 1 aliphatic rings. The number of amides is 2. The molecule has 1 aromatic carbocycles. The zero-order chi connectivity index (χ0) is 11.3. The van der Waals surface area contributed by atoms with E-state index in [0.717, 1.165) is 6.54 Å². The van der Waals surface area contributed by atoms with Crippen molar-refractivity contribution in [3.05, 3.63) is 35.9 Å². The summed E-state index contributed by atoms with van der Waals surface area (Å²) in [5.74, 6) is 0. The lowest BCUT2D eigenvalue weighted by Gasteiger charge is -2.08. The van der Waals surface area contributed by atoms with Crippen LogP contribution in [0.4, 0.5) is 4.79 Å². The van der Waals surface area contributed by atoms with Gasteiger partial charge in [0.2, 0.25) is 0 Å². The number of carbonyl (C=O) groups is 1. The predicted octanol–water partition coefficient (Wildman–Crippen LogP) is 2.41. The molecule has 2 amide bonds. The number of benzene rings is 1. The number of carbonyl (C=O) groups excluding carboxylic acids is 1. The first kappa shape index (κ1) is 11.6. The normalized spacial score (nSPS) is 19.3. The molecule has 0 radical (unpaired) electrons. The lowest BCUT2D eigenvalue weighted by molar-refractivity contribution is 0.226. The molecule has 0 aliphatic carbocycles. The lowest BCUT2D eigenvalue weighted by Crippen LogP contribution is -2.23. The molecule has 0 bridgehead atoms. The Hall–Kier alpha value is -1.51. The van der Waals surface area contributed by atoms with Gasteiger partial charge in [0.05, 0.1) is 6.04 Å². The minimum absolute atomic E-state index is 0.00820. The molecule has 82 valence electrons. The molecule has 1 unspecified atom stereocenters. The highest BCUT2D eigenvalue weighted by Gasteiger charge is 2.26. The zero-order valence-corrected chi connectivity index (χ0v) is 9.53. The fourth-order valence-corrected chi connectivity index (χ4v) is 1.54. The molecule has 1 atom stereocenters. The van der Waals surface area contributed by atoms with Gasteiger partial charge in [-0.05, 0) is 5.56 Å². The van der Waals surface area contributed by atoms with Crippen molar-refractivity contribution in [1.29, 1.82) is 0 Å². The van der Waals surface area contributed by atoms with Crippen LogP contribution in [0.2, 0.25) is 0 Å². The average Bonchev–Trinajstić information content (AvgIpc) is 2.63. The van der Waals surface area contributed by atoms with Gasteiger partial charge in [-0.3, -0.25) is 0 Å². The Morgan fingerprint density at radius 2 is 1.87 bits per heavy atom. The van der Waals surface area contributed by atoms with Crippen LogP contribution in [0.25, 0.3) is 0 Å². The molecule has 0 saturated carbocycles. The first-order chi connectivity index (χ1) is 7.27. The third kappa shape index (κ3) is 2.72. The Morgan fingerprint density at radius 1 is 1.27 bits per heavy atom. The van der Waals surface area contributed by atoms with E-state index in [0.29, 0.717) is 0 Å². The van der Waals surface area contributed by atoms with Crippen LogP contribution < -0.4 is 5.32 Å². The number of urea groups is 1. The number of nitrogens with one attached hydrogen (secondary N) is 1. The van der Waals surface area contributed by atoms with E-state index in [1.165, 1.54) is 5.56 Å². The summed E-state index contributed by atoms with van der Waals surface area (Å²) < 4.78 is 0. The Bertz CT molecular complexity index is 311. The summed E-state index contributed by atoms with van der Waals surface area (Å²) in [6.07, 6.45) is 0. The molecular formula is C12H18N2O. The van der Waals surface area contributed by atoms with Crippen LogP contribution >= 0.6 is 0 Å². The maximum absolute atomic E-state index is 11.2. The van der Waals surface area contributed by atoms with Gasteiger partial charge in [-0.25, -0.2) is 4.79 Å². The van der Waals surface area contributed by atoms with E-state index in [2.05, 4.69) is 5.32 Å². The first-order valence-corrected chi connectivity index (χ1v) is 5.34. The van der Waals surface area contributed by atoms with Crippen molar-refractivity contribution >= 4 is 6.03 Å². The topological polar surface area (TPSA) is 32.3 Å². The third-order valence-corrected chi connectivity index (χ3v) is 2.30. The highest BCUT2D eigenvalue weighted by molar-refractivity contribution is 5.76. The van der Waals surface area contributed by atoms with E-state index in [1.54, 1.807) is 11.9 Å². The van der Waals surface area contributed by atoms with Gasteiger partial charge in [0.1, 0.15) is 0 Å². The molecule has 1 saturated heterocycles. The van der Waals surface area contributed by atoms with Gasteiger partial charge in [-0.1, -0.05) is 44.2 Å². The number of nitrogens with zero attached hydrogens (tertiary/aromatic N) is 1. The number of likely N-dealkylation sites (N-methyl/N-ethyl adjacent to an activating group) is 1. The van der Waals surface area contributed by atoms with Crippen molar-refractivity contribution in [2.24, 2.45) is 0 Å². The summed E-state index contributed by atoms with van der Waals surface area (Å²) in [7, 11) is 1.80. The summed E-state index contributed by atoms with van der Waals surface area (Å²) >= 11 is 0. The highest BCUT2D eigenvalue weighted by atomic mass is 16.2. The van der Waals surface area contributed by atoms with Crippen molar-refractivity contribution in [3.63, 3.8) is 0 Å². The smallest absolute Gasteiger partial charge is 0.317 e. The summed E-state index contributed by atoms with van der Waals surface area (Å²) in [5.41, 5.74) is 1.17. The summed E-state index contributed by atoms with van der Waals surface area (Å²) in [6, 6.07) is 10.2. The summed E-state index contributed by atoms with van der Waals surface area (Å²) in [4.78, 5) is 12.9. The van der Waals surface area contributed by atoms with E-state index in [9.17, 15) is 4.79 Å². The zero-order valence-electron chi connectivity index (χ0n) is 9.53. The molecule has 1 N–H and O–H groups in total. The lowest BCUT2D eigenvalue weighted by atomic mass is 10.1. The van der Waals surface area contributed by atoms with Crippen molar-refractivity contribution in [1.82, 2.24) is 10.2 Å². The molecule has 15 heavy (non-hydrogen) atoms. The largest absolute Gasteiger partial charge is 0.329 e. The summed E-state index contributed by atoms with van der Waals surface area (Å²) in [6.45, 7) is 4.75. The molecule has 0 spiro atoms. The highest BCUT2D eigenvalue weighted by Crippen LogP contribution is 2.18. The first-order valence-electron chi connectivity index (χ1n) is 5.34. The van der Waals surface area contributed by atoms with Crippen LogP contribution in [0.1, 0.15) is 25.5 Å². The quantitative estimate of drug-likeness (QED) is 0.752. The monoisotopic (exact) mass is 206 g/mol. The van der Waals surface area contributed by atoms with Crippen LogP contribution in [0.5, 0.6) is 0 Å². The molecule has 1 aliphatic heterocycles. The Labute approximate surface area is 91.1 Å². The molecule has 3 heteroatoms. The second-order valence-electron chi connectivity index (χ2n) is 3.29. The molecule has 1 heterocycles. The Morgan fingerprint density at radius 3 is 2.33 bits per heavy atom. The van der Waals surface area contributed by atoms with Gasteiger partial charge in [0.15, 0.2) is 0 Å². The van der Waals surface area contributed by atoms with E-state index in [4.69, 9.17) is 0 Å². The minimum atomic E-state index is 0.00820. The molecular weight excluding hydrogens is 188 g/mol. The standard InChI is InChI=1S/C10H12N2O.C2H6/c1-12-7-9(11-10(12)13)8-5-3-2-4-6-8;1-2/h2-6,9H,7H2,1H3,(H,11,13);1-2H3. The second-order valence-corrected chi connectivity index (χ2v) is 3.29. The number of rotatable bonds is 1. The molecule has 1 aromatic rings. The van der Waals surface area contributed by atoms with Gasteiger partial charge in [-0.15, -0.1) is 0 Å². The van der Waals surface area contributed by atoms with Crippen molar-refractivity contribution < 1.29 is 4.79 Å². The van der Waals surface area contributed by atoms with E-state index in [-0.39, 0.29) is 12.1 Å². The third-order valence-electron chi connectivity index (χ3n) is 2.30. The Balaban J connectivity index is 0.000000531. The van der Waals surface area contributed by atoms with Crippen LogP contribution in [0.3, 0.4) is 0 Å². The fraction of sp³-hybridized carbons (Fsp3) is 0.417. The van der Waals surface area contributed by atoms with E-state index >= 15 is 0 Å². The van der Waals surface area contributed by atoms with Crippen molar-refractivity contribution in [2.45, 2.75) is 19.9 Å². The van der Waals surface area contributed by atoms with Gasteiger partial charge >= 0.3 is 6.03 Å². The van der Waals surface area contributed by atoms with Gasteiger partial charge in [-0.2, -0.15) is 0 Å².